The van der Waals surface area contributed by atoms with Crippen molar-refractivity contribution in [3.8, 4) is 0 Å². The number of hydrogen-bond donors (Lipinski definition) is 2. The predicted octanol–water partition coefficient (Wildman–Crippen LogP) is 2.89. The molecule has 0 spiro atoms. The fourth-order valence-corrected chi connectivity index (χ4v) is 5.00. The Bertz CT molecular complexity index is 842. The van der Waals surface area contributed by atoms with Crippen LogP contribution >= 0.6 is 11.3 Å². The van der Waals surface area contributed by atoms with Gasteiger partial charge in [0.15, 0.2) is 5.13 Å². The van der Waals surface area contributed by atoms with Crippen molar-refractivity contribution in [2.45, 2.75) is 32.3 Å². The molecule has 8 heteroatoms. The zero-order valence-corrected chi connectivity index (χ0v) is 18.4. The first-order valence-corrected chi connectivity index (χ1v) is 11.8. The zero-order chi connectivity index (χ0) is 20.9. The van der Waals surface area contributed by atoms with Gasteiger partial charge in [-0.2, -0.15) is 0 Å². The van der Waals surface area contributed by atoms with E-state index in [-0.39, 0.29) is 12.0 Å². The van der Waals surface area contributed by atoms with Crippen LogP contribution in [0.4, 0.5) is 16.5 Å². The molecule has 1 aromatic heterocycles. The molecule has 0 aliphatic carbocycles. The molecule has 1 amide bonds. The molecule has 30 heavy (non-hydrogen) atoms. The third-order valence-corrected chi connectivity index (χ3v) is 6.77. The first kappa shape index (κ1) is 21.1. The second-order valence-electron chi connectivity index (χ2n) is 8.03. The number of hydrogen-bond acceptors (Lipinski definition) is 7. The van der Waals surface area contributed by atoms with E-state index in [0.29, 0.717) is 5.69 Å². The molecule has 0 atom stereocenters. The maximum atomic E-state index is 12.9. The lowest BCUT2D eigenvalue weighted by molar-refractivity contribution is 0.102. The number of piperidine rings is 1. The molecular weight excluding hydrogens is 398 g/mol. The van der Waals surface area contributed by atoms with Crippen molar-refractivity contribution in [1.82, 2.24) is 9.88 Å². The fourth-order valence-electron chi connectivity index (χ4n) is 4.14. The fraction of sp³-hybridized carbons (Fsp3) is 0.545. The van der Waals surface area contributed by atoms with Crippen LogP contribution in [0.15, 0.2) is 29.6 Å². The number of amides is 1. The molecule has 2 aliphatic rings. The van der Waals surface area contributed by atoms with Gasteiger partial charge in [0.2, 0.25) is 0 Å². The summed E-state index contributed by atoms with van der Waals surface area (Å²) in [5.74, 6) is -0.174. The van der Waals surface area contributed by atoms with E-state index in [0.717, 1.165) is 75.2 Å². The van der Waals surface area contributed by atoms with E-state index in [1.54, 1.807) is 0 Å². The van der Waals surface area contributed by atoms with Crippen molar-refractivity contribution in [3.05, 3.63) is 35.3 Å². The Hall–Kier alpha value is -2.16. The van der Waals surface area contributed by atoms with Crippen molar-refractivity contribution >= 4 is 33.8 Å². The average molecular weight is 430 g/mol. The number of anilines is 3. The SMILES string of the molecule is CCCN1CCN(c2nc(C(=O)Nc3ccccc3N3CCC(O)CC3)cs2)CC1. The number of nitrogens with zero attached hydrogens (tertiary/aromatic N) is 4. The number of thiazole rings is 1. The van der Waals surface area contributed by atoms with E-state index in [9.17, 15) is 9.90 Å². The number of aromatic nitrogens is 1. The summed E-state index contributed by atoms with van der Waals surface area (Å²) in [4.78, 5) is 24.5. The van der Waals surface area contributed by atoms with Gasteiger partial charge in [-0.15, -0.1) is 11.3 Å². The lowest BCUT2D eigenvalue weighted by atomic mass is 10.1. The average Bonchev–Trinajstić information content (AvgIpc) is 3.26. The Kier molecular flexibility index (Phi) is 6.86. The van der Waals surface area contributed by atoms with Crippen LogP contribution in [0.1, 0.15) is 36.7 Å². The smallest absolute Gasteiger partial charge is 0.275 e. The summed E-state index contributed by atoms with van der Waals surface area (Å²) in [6.07, 6.45) is 2.47. The van der Waals surface area contributed by atoms with Crippen LogP contribution in [-0.2, 0) is 0 Å². The molecule has 2 aromatic rings. The van der Waals surface area contributed by atoms with Gasteiger partial charge in [0.1, 0.15) is 5.69 Å². The summed E-state index contributed by atoms with van der Waals surface area (Å²) in [6.45, 7) is 8.95. The molecule has 0 bridgehead atoms. The van der Waals surface area contributed by atoms with E-state index in [1.807, 2.05) is 29.6 Å². The molecule has 7 nitrogen and oxygen atoms in total. The highest BCUT2D eigenvalue weighted by Crippen LogP contribution is 2.29. The number of para-hydroxylation sites is 2. The van der Waals surface area contributed by atoms with Gasteiger partial charge in [-0.25, -0.2) is 4.98 Å². The van der Waals surface area contributed by atoms with Crippen molar-refractivity contribution in [2.24, 2.45) is 0 Å². The molecule has 2 fully saturated rings. The molecule has 3 heterocycles. The van der Waals surface area contributed by atoms with Gasteiger partial charge in [-0.1, -0.05) is 19.1 Å². The summed E-state index contributed by atoms with van der Waals surface area (Å²) in [5, 5.41) is 15.6. The van der Waals surface area contributed by atoms with Crippen LogP contribution < -0.4 is 15.1 Å². The quantitative estimate of drug-likeness (QED) is 0.736. The molecule has 4 rings (SSSR count). The standard InChI is InChI=1S/C22H31N5O2S/c1-2-9-25-12-14-27(15-13-25)22-24-19(16-30-22)21(29)23-18-5-3-4-6-20(18)26-10-7-17(28)8-11-26/h3-6,16-17,28H,2,7-15H2,1H3,(H,23,29). The van der Waals surface area contributed by atoms with Crippen LogP contribution in [0.25, 0.3) is 0 Å². The molecule has 0 saturated carbocycles. The van der Waals surface area contributed by atoms with Crippen molar-refractivity contribution < 1.29 is 9.90 Å². The Morgan fingerprint density at radius 1 is 1.13 bits per heavy atom. The van der Waals surface area contributed by atoms with E-state index in [2.05, 4.69) is 31.9 Å². The topological polar surface area (TPSA) is 71.9 Å². The normalized spacial score (nSPS) is 18.6. The minimum atomic E-state index is -0.222. The molecular formula is C22H31N5O2S. The monoisotopic (exact) mass is 429 g/mol. The Labute approximate surface area is 182 Å². The van der Waals surface area contributed by atoms with Gasteiger partial charge < -0.3 is 20.2 Å². The minimum Gasteiger partial charge on any atom is -0.393 e. The zero-order valence-electron chi connectivity index (χ0n) is 17.6. The number of nitrogens with one attached hydrogen (secondary N) is 1. The summed E-state index contributed by atoms with van der Waals surface area (Å²) in [7, 11) is 0. The van der Waals surface area contributed by atoms with E-state index in [1.165, 1.54) is 17.8 Å². The van der Waals surface area contributed by atoms with Gasteiger partial charge in [0, 0.05) is 44.6 Å². The Morgan fingerprint density at radius 3 is 2.60 bits per heavy atom. The lowest BCUT2D eigenvalue weighted by Crippen LogP contribution is -2.46. The van der Waals surface area contributed by atoms with Crippen molar-refractivity contribution in [1.29, 1.82) is 0 Å². The van der Waals surface area contributed by atoms with Crippen LogP contribution in [0.2, 0.25) is 0 Å². The van der Waals surface area contributed by atoms with Crippen LogP contribution in [-0.4, -0.2) is 72.8 Å². The molecule has 1 aromatic carbocycles. The van der Waals surface area contributed by atoms with Gasteiger partial charge in [0.25, 0.3) is 5.91 Å². The van der Waals surface area contributed by atoms with Gasteiger partial charge >= 0.3 is 0 Å². The predicted molar refractivity (Wildman–Crippen MR) is 123 cm³/mol. The largest absolute Gasteiger partial charge is 0.393 e. The summed E-state index contributed by atoms with van der Waals surface area (Å²) < 4.78 is 0. The number of aliphatic hydroxyl groups excluding tert-OH is 1. The number of aliphatic hydroxyl groups is 1. The maximum absolute atomic E-state index is 12.9. The Morgan fingerprint density at radius 2 is 1.87 bits per heavy atom. The lowest BCUT2D eigenvalue weighted by Gasteiger charge is -2.34. The van der Waals surface area contributed by atoms with Crippen LogP contribution in [0.3, 0.4) is 0 Å². The van der Waals surface area contributed by atoms with E-state index < -0.39 is 0 Å². The van der Waals surface area contributed by atoms with Crippen LogP contribution in [0.5, 0.6) is 0 Å². The first-order chi connectivity index (χ1) is 14.6. The third-order valence-electron chi connectivity index (χ3n) is 5.86. The van der Waals surface area contributed by atoms with Crippen LogP contribution in [0, 0.1) is 0 Å². The van der Waals surface area contributed by atoms with Gasteiger partial charge in [-0.05, 0) is 37.9 Å². The molecule has 162 valence electrons. The Balaban J connectivity index is 1.40. The third kappa shape index (κ3) is 4.94. The minimum absolute atomic E-state index is 0.174. The number of carbonyl (C=O) groups is 1. The second kappa shape index (κ2) is 9.76. The number of benzene rings is 1. The first-order valence-electron chi connectivity index (χ1n) is 10.9. The van der Waals surface area contributed by atoms with Gasteiger partial charge in [0.05, 0.1) is 17.5 Å². The van der Waals surface area contributed by atoms with Crippen molar-refractivity contribution in [3.63, 3.8) is 0 Å². The van der Waals surface area contributed by atoms with Crippen molar-refractivity contribution in [2.75, 3.05) is 60.9 Å². The molecule has 0 unspecified atom stereocenters. The van der Waals surface area contributed by atoms with Gasteiger partial charge in [-0.3, -0.25) is 9.69 Å². The highest BCUT2D eigenvalue weighted by Gasteiger charge is 2.22. The van der Waals surface area contributed by atoms with E-state index >= 15 is 0 Å². The molecule has 0 radical (unpaired) electrons. The highest BCUT2D eigenvalue weighted by molar-refractivity contribution is 7.14. The number of piperazine rings is 1. The van der Waals surface area contributed by atoms with E-state index in [4.69, 9.17) is 0 Å². The molecule has 2 saturated heterocycles. The second-order valence-corrected chi connectivity index (χ2v) is 8.87. The number of carbonyl (C=O) groups excluding carboxylic acids is 1. The molecule has 2 aliphatic heterocycles. The summed E-state index contributed by atoms with van der Waals surface area (Å²) in [6, 6.07) is 7.86. The summed E-state index contributed by atoms with van der Waals surface area (Å²) in [5.41, 5.74) is 2.26. The highest BCUT2D eigenvalue weighted by atomic mass is 32.1. The maximum Gasteiger partial charge on any atom is 0.275 e. The summed E-state index contributed by atoms with van der Waals surface area (Å²) >= 11 is 1.54. The number of rotatable bonds is 6. The molecule has 2 N–H and O–H groups in total.